The Labute approximate surface area is 148 Å². The minimum Gasteiger partial charge on any atom is -0.488 e. The zero-order valence-electron chi connectivity index (χ0n) is 14.3. The number of nitrogens with one attached hydrogen (secondary N) is 1. The van der Waals surface area contributed by atoms with Crippen LogP contribution in [-0.2, 0) is 6.42 Å². The van der Waals surface area contributed by atoms with Crippen molar-refractivity contribution in [1.82, 2.24) is 10.3 Å². The number of amides is 1. The van der Waals surface area contributed by atoms with Crippen molar-refractivity contribution in [3.8, 4) is 5.75 Å². The second-order valence-corrected chi connectivity index (χ2v) is 6.68. The summed E-state index contributed by atoms with van der Waals surface area (Å²) in [4.78, 5) is 19.4. The minimum atomic E-state index is -0.0757. The van der Waals surface area contributed by atoms with Gasteiger partial charge in [-0.05, 0) is 43.0 Å². The molecule has 1 aromatic heterocycles. The molecule has 5 heteroatoms. The van der Waals surface area contributed by atoms with Crippen molar-refractivity contribution < 1.29 is 9.53 Å². The Morgan fingerprint density at radius 1 is 1.16 bits per heavy atom. The number of nitrogens with zero attached hydrogens (tertiary/aromatic N) is 2. The Morgan fingerprint density at radius 3 is 2.84 bits per heavy atom. The predicted octanol–water partition coefficient (Wildman–Crippen LogP) is 2.81. The van der Waals surface area contributed by atoms with E-state index in [4.69, 9.17) is 4.74 Å². The van der Waals surface area contributed by atoms with Gasteiger partial charge in [0, 0.05) is 25.7 Å². The molecule has 0 aliphatic carbocycles. The van der Waals surface area contributed by atoms with Gasteiger partial charge in [0.15, 0.2) is 0 Å². The van der Waals surface area contributed by atoms with Crippen LogP contribution in [0.15, 0.2) is 42.6 Å². The second kappa shape index (κ2) is 7.13. The molecule has 1 fully saturated rings. The molecule has 2 aliphatic rings. The number of fused-ring (bicyclic) bond motifs is 1. The van der Waals surface area contributed by atoms with Gasteiger partial charge in [0.2, 0.25) is 0 Å². The van der Waals surface area contributed by atoms with Crippen LogP contribution in [0.3, 0.4) is 0 Å². The van der Waals surface area contributed by atoms with Crippen LogP contribution >= 0.6 is 0 Å². The highest BCUT2D eigenvalue weighted by molar-refractivity contribution is 5.98. The van der Waals surface area contributed by atoms with E-state index in [0.29, 0.717) is 12.1 Å². The molecular formula is C20H23N3O2. The molecule has 25 heavy (non-hydrogen) atoms. The van der Waals surface area contributed by atoms with E-state index >= 15 is 0 Å². The molecule has 0 unspecified atom stereocenters. The fourth-order valence-corrected chi connectivity index (χ4v) is 3.60. The van der Waals surface area contributed by atoms with Gasteiger partial charge in [-0.3, -0.25) is 4.79 Å². The quantitative estimate of drug-likeness (QED) is 0.932. The molecule has 1 saturated heterocycles. The first kappa shape index (κ1) is 15.9. The SMILES string of the molecule is O=C(NC[C@@H]1Cc2ccccc2O1)c1cccnc1N1CCCCC1. The molecule has 0 radical (unpaired) electrons. The number of hydrogen-bond acceptors (Lipinski definition) is 4. The molecule has 0 saturated carbocycles. The lowest BCUT2D eigenvalue weighted by Gasteiger charge is -2.29. The number of rotatable bonds is 4. The van der Waals surface area contributed by atoms with Crippen molar-refractivity contribution in [3.63, 3.8) is 0 Å². The molecule has 2 aliphatic heterocycles. The average Bonchev–Trinajstić information content (AvgIpc) is 3.10. The third-order valence-corrected chi connectivity index (χ3v) is 4.89. The van der Waals surface area contributed by atoms with Gasteiger partial charge in [-0.25, -0.2) is 4.98 Å². The number of para-hydroxylation sites is 1. The van der Waals surface area contributed by atoms with Gasteiger partial charge in [0.1, 0.15) is 17.7 Å². The highest BCUT2D eigenvalue weighted by atomic mass is 16.5. The van der Waals surface area contributed by atoms with Crippen molar-refractivity contribution in [2.75, 3.05) is 24.5 Å². The summed E-state index contributed by atoms with van der Waals surface area (Å²) in [6.07, 6.45) is 6.17. The van der Waals surface area contributed by atoms with E-state index in [9.17, 15) is 4.79 Å². The molecule has 0 spiro atoms. The summed E-state index contributed by atoms with van der Waals surface area (Å²) in [5.74, 6) is 1.65. The van der Waals surface area contributed by atoms with E-state index in [2.05, 4.69) is 21.3 Å². The summed E-state index contributed by atoms with van der Waals surface area (Å²) in [5.41, 5.74) is 1.86. The Hall–Kier alpha value is -2.56. The van der Waals surface area contributed by atoms with Crippen molar-refractivity contribution in [3.05, 3.63) is 53.7 Å². The Balaban J connectivity index is 1.40. The van der Waals surface area contributed by atoms with Gasteiger partial charge >= 0.3 is 0 Å². The summed E-state index contributed by atoms with van der Waals surface area (Å²) >= 11 is 0. The lowest BCUT2D eigenvalue weighted by atomic mass is 10.1. The fraction of sp³-hybridized carbons (Fsp3) is 0.400. The summed E-state index contributed by atoms with van der Waals surface area (Å²) in [7, 11) is 0. The number of pyridine rings is 1. The van der Waals surface area contributed by atoms with Gasteiger partial charge in [-0.1, -0.05) is 18.2 Å². The molecule has 1 amide bonds. The molecule has 1 atom stereocenters. The topological polar surface area (TPSA) is 54.5 Å². The van der Waals surface area contributed by atoms with Crippen LogP contribution in [-0.4, -0.2) is 36.6 Å². The highest BCUT2D eigenvalue weighted by Gasteiger charge is 2.24. The Morgan fingerprint density at radius 2 is 2.00 bits per heavy atom. The van der Waals surface area contributed by atoms with Crippen LogP contribution in [0.2, 0.25) is 0 Å². The second-order valence-electron chi connectivity index (χ2n) is 6.68. The fourth-order valence-electron chi connectivity index (χ4n) is 3.60. The summed E-state index contributed by atoms with van der Waals surface area (Å²) in [5, 5.41) is 3.02. The van der Waals surface area contributed by atoms with Gasteiger partial charge in [0.05, 0.1) is 12.1 Å². The van der Waals surface area contributed by atoms with Crippen molar-refractivity contribution in [2.24, 2.45) is 0 Å². The maximum atomic E-state index is 12.7. The minimum absolute atomic E-state index is 0.00328. The normalized spacial score (nSPS) is 19.2. The number of hydrogen-bond donors (Lipinski definition) is 1. The molecule has 1 aromatic carbocycles. The molecule has 130 valence electrons. The van der Waals surface area contributed by atoms with E-state index in [0.717, 1.165) is 43.9 Å². The maximum absolute atomic E-state index is 12.7. The molecule has 5 nitrogen and oxygen atoms in total. The Bertz CT molecular complexity index is 731. The van der Waals surface area contributed by atoms with Gasteiger partial charge in [-0.2, -0.15) is 0 Å². The lowest BCUT2D eigenvalue weighted by molar-refractivity contribution is 0.0933. The van der Waals surface area contributed by atoms with Gasteiger partial charge in [-0.15, -0.1) is 0 Å². The summed E-state index contributed by atoms with van der Waals surface area (Å²) < 4.78 is 5.90. The van der Waals surface area contributed by atoms with E-state index in [1.165, 1.54) is 12.0 Å². The predicted molar refractivity (Wildman–Crippen MR) is 97.2 cm³/mol. The zero-order chi connectivity index (χ0) is 17.1. The van der Waals surface area contributed by atoms with Crippen molar-refractivity contribution in [2.45, 2.75) is 31.8 Å². The van der Waals surface area contributed by atoms with E-state index in [1.807, 2.05) is 30.3 Å². The maximum Gasteiger partial charge on any atom is 0.255 e. The highest BCUT2D eigenvalue weighted by Crippen LogP contribution is 2.28. The number of ether oxygens (including phenoxy) is 1. The van der Waals surface area contributed by atoms with E-state index in [1.54, 1.807) is 6.20 Å². The number of anilines is 1. The largest absolute Gasteiger partial charge is 0.488 e. The van der Waals surface area contributed by atoms with Crippen LogP contribution in [0.4, 0.5) is 5.82 Å². The first-order valence-corrected chi connectivity index (χ1v) is 9.04. The van der Waals surface area contributed by atoms with Crippen LogP contribution in [0.1, 0.15) is 35.2 Å². The third-order valence-electron chi connectivity index (χ3n) is 4.89. The molecule has 4 rings (SSSR count). The van der Waals surface area contributed by atoms with E-state index < -0.39 is 0 Å². The van der Waals surface area contributed by atoms with Crippen molar-refractivity contribution >= 4 is 11.7 Å². The summed E-state index contributed by atoms with van der Waals surface area (Å²) in [6, 6.07) is 11.7. The number of carbonyl (C=O) groups is 1. The standard InChI is InChI=1S/C20H23N3O2/c24-20(22-14-16-13-15-7-2-3-9-18(15)25-16)17-8-6-10-21-19(17)23-11-4-1-5-12-23/h2-3,6-10,16H,1,4-5,11-14H2,(H,22,24)/t16-/m0/s1. The first-order chi connectivity index (χ1) is 12.3. The molecule has 1 N–H and O–H groups in total. The number of aromatic nitrogens is 1. The summed E-state index contributed by atoms with van der Waals surface area (Å²) in [6.45, 7) is 2.44. The molecule has 0 bridgehead atoms. The third kappa shape index (κ3) is 3.45. The molecule has 3 heterocycles. The number of benzene rings is 1. The van der Waals surface area contributed by atoms with Crippen molar-refractivity contribution in [1.29, 1.82) is 0 Å². The molecule has 2 aromatic rings. The van der Waals surface area contributed by atoms with Crippen LogP contribution in [0.25, 0.3) is 0 Å². The van der Waals surface area contributed by atoms with E-state index in [-0.39, 0.29) is 12.0 Å². The lowest BCUT2D eigenvalue weighted by Crippen LogP contribution is -2.37. The Kier molecular flexibility index (Phi) is 4.55. The monoisotopic (exact) mass is 337 g/mol. The number of piperidine rings is 1. The van der Waals surface area contributed by atoms with Gasteiger partial charge in [0.25, 0.3) is 5.91 Å². The van der Waals surface area contributed by atoms with Crippen LogP contribution in [0, 0.1) is 0 Å². The van der Waals surface area contributed by atoms with Crippen LogP contribution < -0.4 is 15.0 Å². The average molecular weight is 337 g/mol. The zero-order valence-corrected chi connectivity index (χ0v) is 14.3. The molecular weight excluding hydrogens is 314 g/mol. The number of carbonyl (C=O) groups excluding carboxylic acids is 1. The first-order valence-electron chi connectivity index (χ1n) is 9.04. The van der Waals surface area contributed by atoms with Crippen LogP contribution in [0.5, 0.6) is 5.75 Å². The van der Waals surface area contributed by atoms with Gasteiger partial charge < -0.3 is 15.0 Å². The smallest absolute Gasteiger partial charge is 0.255 e.